The number of piperidine rings is 2. The number of rotatable bonds is 12. The highest BCUT2D eigenvalue weighted by atomic mass is 32.2. The number of carbonyl (C=O) groups excluding carboxylic acids is 3. The van der Waals surface area contributed by atoms with E-state index in [1.54, 1.807) is 63.8 Å². The Morgan fingerprint density at radius 1 is 1.08 bits per heavy atom. The van der Waals surface area contributed by atoms with E-state index in [2.05, 4.69) is 15.7 Å². The Labute approximate surface area is 300 Å². The van der Waals surface area contributed by atoms with Gasteiger partial charge in [-0.15, -0.1) is 0 Å². The van der Waals surface area contributed by atoms with Crippen LogP contribution >= 0.6 is 0 Å². The largest absolute Gasteiger partial charge is 0.444 e. The number of halogens is 2. The molecule has 0 spiro atoms. The molecule has 2 unspecified atom stereocenters. The van der Waals surface area contributed by atoms with Gasteiger partial charge >= 0.3 is 6.09 Å². The summed E-state index contributed by atoms with van der Waals surface area (Å²) in [5.74, 6) is 0.468. The average Bonchev–Trinajstić information content (AvgIpc) is 3.43. The molecule has 2 atom stereocenters. The first-order valence-corrected chi connectivity index (χ1v) is 18.6. The molecule has 15 heteroatoms. The number of anilines is 1. The van der Waals surface area contributed by atoms with Crippen molar-refractivity contribution in [2.75, 3.05) is 44.7 Å². The van der Waals surface area contributed by atoms with E-state index in [1.807, 2.05) is 27.4 Å². The first-order chi connectivity index (χ1) is 24.3. The molecule has 5 rings (SSSR count). The molecule has 0 aliphatic carbocycles. The lowest BCUT2D eigenvalue weighted by atomic mass is 9.88. The van der Waals surface area contributed by atoms with E-state index in [9.17, 15) is 27.4 Å². The summed E-state index contributed by atoms with van der Waals surface area (Å²) in [7, 11) is 1.82. The minimum absolute atomic E-state index is 0.0896. The SMILES string of the molecule is CNC(=O)CCN(C=O)c1nn(C)c2cc(C3CCN(C(c4cccc(S(=O)N5CCC(NC(=O)OC(C)(C)C)CC5)c4)C(F)F)CC3)ccc12. The number of nitrogens with one attached hydrogen (secondary N) is 2. The van der Waals surface area contributed by atoms with E-state index >= 15 is 0 Å². The summed E-state index contributed by atoms with van der Waals surface area (Å²) >= 11 is 0. The highest BCUT2D eigenvalue weighted by molar-refractivity contribution is 7.82. The Bertz CT molecular complexity index is 1720. The van der Waals surface area contributed by atoms with Crippen LogP contribution in [0.2, 0.25) is 0 Å². The first kappa shape index (κ1) is 38.3. The van der Waals surface area contributed by atoms with Gasteiger partial charge in [0.1, 0.15) is 16.6 Å². The van der Waals surface area contributed by atoms with Crippen molar-refractivity contribution < 1.29 is 32.1 Å². The number of fused-ring (bicyclic) bond motifs is 1. The molecule has 3 aromatic rings. The third-order valence-corrected chi connectivity index (χ3v) is 11.0. The number of amides is 3. The Balaban J connectivity index is 1.21. The molecule has 2 aliphatic rings. The van der Waals surface area contributed by atoms with Gasteiger partial charge in [0.05, 0.1) is 16.5 Å². The molecule has 2 aliphatic heterocycles. The number of carbonyl (C=O) groups is 3. The van der Waals surface area contributed by atoms with Crippen LogP contribution < -0.4 is 15.5 Å². The van der Waals surface area contributed by atoms with E-state index in [4.69, 9.17) is 4.74 Å². The Morgan fingerprint density at radius 3 is 2.41 bits per heavy atom. The van der Waals surface area contributed by atoms with Gasteiger partial charge in [-0.05, 0) is 101 Å². The minimum atomic E-state index is -2.63. The van der Waals surface area contributed by atoms with Crippen LogP contribution in [-0.2, 0) is 32.4 Å². The van der Waals surface area contributed by atoms with Crippen molar-refractivity contribution in [2.24, 2.45) is 7.05 Å². The fraction of sp³-hybridized carbons (Fsp3) is 0.556. The van der Waals surface area contributed by atoms with Gasteiger partial charge in [-0.3, -0.25) is 24.1 Å². The molecule has 3 heterocycles. The number of nitrogens with zero attached hydrogens (tertiary/aromatic N) is 5. The van der Waals surface area contributed by atoms with Gasteiger partial charge in [-0.25, -0.2) is 22.1 Å². The zero-order chi connectivity index (χ0) is 36.9. The molecule has 51 heavy (non-hydrogen) atoms. The number of alkyl halides is 2. The van der Waals surface area contributed by atoms with Crippen LogP contribution in [0.25, 0.3) is 10.9 Å². The third-order valence-electron chi connectivity index (χ3n) is 9.56. The molecule has 0 saturated carbocycles. The van der Waals surface area contributed by atoms with Gasteiger partial charge in [0.2, 0.25) is 12.3 Å². The molecule has 2 N–H and O–H groups in total. The zero-order valence-electron chi connectivity index (χ0n) is 29.9. The minimum Gasteiger partial charge on any atom is -0.444 e. The zero-order valence-corrected chi connectivity index (χ0v) is 30.8. The molecule has 12 nitrogen and oxygen atoms in total. The smallest absolute Gasteiger partial charge is 0.407 e. The van der Waals surface area contributed by atoms with Gasteiger partial charge in [0, 0.05) is 51.6 Å². The lowest BCUT2D eigenvalue weighted by Crippen LogP contribution is -2.46. The molecule has 2 fully saturated rings. The van der Waals surface area contributed by atoms with Crippen molar-refractivity contribution in [3.63, 3.8) is 0 Å². The molecule has 0 radical (unpaired) electrons. The van der Waals surface area contributed by atoms with Gasteiger partial charge in [0.15, 0.2) is 5.82 Å². The van der Waals surface area contributed by atoms with Crippen molar-refractivity contribution in [3.05, 3.63) is 53.6 Å². The van der Waals surface area contributed by atoms with Gasteiger partial charge < -0.3 is 15.4 Å². The second kappa shape index (κ2) is 16.6. The Kier molecular flexibility index (Phi) is 12.5. The van der Waals surface area contributed by atoms with E-state index in [-0.39, 0.29) is 30.8 Å². The topological polar surface area (TPSA) is 129 Å². The number of hydrogen-bond donors (Lipinski definition) is 2. The summed E-state index contributed by atoms with van der Waals surface area (Å²) in [6.07, 6.45) is 0.300. The summed E-state index contributed by atoms with van der Waals surface area (Å²) in [6.45, 7) is 7.53. The van der Waals surface area contributed by atoms with E-state index in [1.165, 1.54) is 4.90 Å². The monoisotopic (exact) mass is 729 g/mol. The predicted octanol–water partition coefficient (Wildman–Crippen LogP) is 4.87. The highest BCUT2D eigenvalue weighted by Crippen LogP contribution is 2.37. The maximum Gasteiger partial charge on any atom is 0.407 e. The number of hydrogen-bond acceptors (Lipinski definition) is 7. The van der Waals surface area contributed by atoms with Crippen molar-refractivity contribution >= 4 is 46.1 Å². The standard InChI is InChI=1S/C36H49F2N7O5S/c1-36(2,3)50-35(48)40-27-13-19-45(20-14-27)51(49)28-8-6-7-26(21-28)32(33(37)38)43-16-11-24(12-17-43)25-9-10-29-30(22-25)42(5)41-34(29)44(23-46)18-15-31(47)39-4/h6-10,21-24,27,32-33H,11-20H2,1-5H3,(H,39,47)(H,40,48). The summed E-state index contributed by atoms with van der Waals surface area (Å²) < 4.78 is 51.9. The molecule has 2 saturated heterocycles. The Hall–Kier alpha value is -3.95. The average molecular weight is 730 g/mol. The maximum absolute atomic E-state index is 14.7. The molecule has 3 amide bonds. The second-order valence-electron chi connectivity index (χ2n) is 14.2. The fourth-order valence-corrected chi connectivity index (χ4v) is 8.17. The quantitative estimate of drug-likeness (QED) is 0.255. The number of ether oxygens (including phenoxy) is 1. The molecule has 2 aromatic carbocycles. The summed E-state index contributed by atoms with van der Waals surface area (Å²) in [5, 5.41) is 10.8. The number of benzene rings is 2. The van der Waals surface area contributed by atoms with Crippen LogP contribution in [0.5, 0.6) is 0 Å². The fourth-order valence-electron chi connectivity index (χ4n) is 6.90. The number of likely N-dealkylation sites (tertiary alicyclic amines) is 1. The van der Waals surface area contributed by atoms with Crippen LogP contribution in [0.15, 0.2) is 47.4 Å². The van der Waals surface area contributed by atoms with Crippen LogP contribution in [0, 0.1) is 0 Å². The predicted molar refractivity (Wildman–Crippen MR) is 192 cm³/mol. The molecule has 0 bridgehead atoms. The molecule has 1 aromatic heterocycles. The highest BCUT2D eigenvalue weighted by Gasteiger charge is 2.34. The Morgan fingerprint density at radius 2 is 1.78 bits per heavy atom. The number of alkyl carbamates (subject to hydrolysis) is 1. The van der Waals surface area contributed by atoms with Gasteiger partial charge in [-0.2, -0.15) is 5.10 Å². The summed E-state index contributed by atoms with van der Waals surface area (Å²) in [5.41, 5.74) is 1.77. The summed E-state index contributed by atoms with van der Waals surface area (Å²) in [6, 6.07) is 11.5. The van der Waals surface area contributed by atoms with Gasteiger partial charge in [-0.1, -0.05) is 18.2 Å². The van der Waals surface area contributed by atoms with Crippen molar-refractivity contribution in [3.8, 4) is 0 Å². The van der Waals surface area contributed by atoms with Crippen molar-refractivity contribution in [2.45, 2.75) is 87.8 Å². The number of aryl methyl sites for hydroxylation is 1. The normalized spacial score (nSPS) is 18.0. The van der Waals surface area contributed by atoms with Crippen LogP contribution in [0.3, 0.4) is 0 Å². The summed E-state index contributed by atoms with van der Waals surface area (Å²) in [4.78, 5) is 39.5. The van der Waals surface area contributed by atoms with Crippen LogP contribution in [0.4, 0.5) is 19.4 Å². The molecular weight excluding hydrogens is 681 g/mol. The van der Waals surface area contributed by atoms with E-state index in [0.29, 0.717) is 74.5 Å². The lowest BCUT2D eigenvalue weighted by Gasteiger charge is -2.38. The van der Waals surface area contributed by atoms with E-state index in [0.717, 1.165) is 16.5 Å². The maximum atomic E-state index is 14.7. The van der Waals surface area contributed by atoms with Crippen molar-refractivity contribution in [1.29, 1.82) is 0 Å². The molecule has 278 valence electrons. The second-order valence-corrected chi connectivity index (χ2v) is 15.7. The van der Waals surface area contributed by atoms with Crippen molar-refractivity contribution in [1.82, 2.24) is 29.6 Å². The third kappa shape index (κ3) is 9.49. The lowest BCUT2D eigenvalue weighted by molar-refractivity contribution is -0.120. The molecular formula is C36H49F2N7O5S. The van der Waals surface area contributed by atoms with Crippen LogP contribution in [0.1, 0.15) is 76.0 Å². The van der Waals surface area contributed by atoms with Crippen LogP contribution in [-0.4, -0.2) is 99.4 Å². The first-order valence-electron chi connectivity index (χ1n) is 17.5. The number of aromatic nitrogens is 2. The van der Waals surface area contributed by atoms with Gasteiger partial charge in [0.25, 0.3) is 6.43 Å². The van der Waals surface area contributed by atoms with E-state index < -0.39 is 35.1 Å².